The highest BCUT2D eigenvalue weighted by molar-refractivity contribution is 5.70. The third-order valence-electron chi connectivity index (χ3n) is 2.95. The predicted octanol–water partition coefficient (Wildman–Crippen LogP) is 3.09. The Labute approximate surface area is 116 Å². The van der Waals surface area contributed by atoms with Gasteiger partial charge < -0.3 is 5.11 Å². The lowest BCUT2D eigenvalue weighted by atomic mass is 10.0. The number of hydrogen-bond acceptors (Lipinski definition) is 2. The van der Waals surface area contributed by atoms with Crippen molar-refractivity contribution in [2.24, 2.45) is 0 Å². The summed E-state index contributed by atoms with van der Waals surface area (Å²) >= 11 is 0. The van der Waals surface area contributed by atoms with Gasteiger partial charge in [-0.05, 0) is 25.0 Å². The Morgan fingerprint density at radius 1 is 1.25 bits per heavy atom. The molecule has 0 spiro atoms. The van der Waals surface area contributed by atoms with E-state index in [2.05, 4.69) is 0 Å². The second-order valence-electron chi connectivity index (χ2n) is 4.95. The summed E-state index contributed by atoms with van der Waals surface area (Å²) in [6, 6.07) is 6.41. The fraction of sp³-hybridized carbons (Fsp3) is 0.500. The minimum absolute atomic E-state index is 0.0840. The summed E-state index contributed by atoms with van der Waals surface area (Å²) in [5, 5.41) is 8.83. The van der Waals surface area contributed by atoms with E-state index in [-0.39, 0.29) is 19.0 Å². The summed E-state index contributed by atoms with van der Waals surface area (Å²) in [6.45, 7) is 2.45. The van der Waals surface area contributed by atoms with Gasteiger partial charge in [-0.25, -0.2) is 0 Å². The van der Waals surface area contributed by atoms with Crippen molar-refractivity contribution in [1.82, 2.24) is 4.90 Å². The first kappa shape index (κ1) is 16.5. The maximum Gasteiger partial charge on any atom is 0.401 e. The minimum Gasteiger partial charge on any atom is -0.481 e. The van der Waals surface area contributed by atoms with Crippen molar-refractivity contribution >= 4 is 5.97 Å². The number of alkyl halides is 3. The van der Waals surface area contributed by atoms with E-state index in [1.807, 2.05) is 0 Å². The van der Waals surface area contributed by atoms with Gasteiger partial charge in [0.25, 0.3) is 0 Å². The number of hydrogen-bond donors (Lipinski definition) is 1. The number of nitrogens with zero attached hydrogens (tertiary/aromatic N) is 1. The molecule has 0 aromatic heterocycles. The van der Waals surface area contributed by atoms with Crippen LogP contribution in [-0.2, 0) is 17.8 Å². The average Bonchev–Trinajstić information content (AvgIpc) is 2.28. The molecule has 0 radical (unpaired) electrons. The smallest absolute Gasteiger partial charge is 0.401 e. The number of carboxylic acid groups (broad SMARTS) is 1. The normalized spacial score (nSPS) is 12.2. The molecule has 0 aliphatic rings. The van der Waals surface area contributed by atoms with Crippen LogP contribution in [0.5, 0.6) is 0 Å². The molecule has 0 saturated carbocycles. The van der Waals surface area contributed by atoms with Crippen LogP contribution in [0.1, 0.15) is 25.0 Å². The van der Waals surface area contributed by atoms with E-state index < -0.39 is 18.7 Å². The first-order valence-corrected chi connectivity index (χ1v) is 6.28. The maximum atomic E-state index is 12.5. The van der Waals surface area contributed by atoms with Gasteiger partial charge in [0, 0.05) is 12.6 Å². The Morgan fingerprint density at radius 2 is 1.80 bits per heavy atom. The van der Waals surface area contributed by atoms with E-state index in [9.17, 15) is 18.0 Å². The van der Waals surface area contributed by atoms with E-state index in [0.717, 1.165) is 0 Å². The Kier molecular flexibility index (Phi) is 5.56. The molecule has 0 heterocycles. The van der Waals surface area contributed by atoms with Crippen LogP contribution in [0.2, 0.25) is 0 Å². The number of benzene rings is 1. The second-order valence-corrected chi connectivity index (χ2v) is 4.95. The summed E-state index contributed by atoms with van der Waals surface area (Å²) < 4.78 is 37.6. The molecule has 0 fully saturated rings. The molecule has 20 heavy (non-hydrogen) atoms. The summed E-state index contributed by atoms with van der Waals surface area (Å²) in [7, 11) is 0. The van der Waals surface area contributed by atoms with Crippen molar-refractivity contribution in [3.63, 3.8) is 0 Å². The molecule has 1 aromatic rings. The Hall–Kier alpha value is -1.56. The molecule has 0 aliphatic carbocycles. The molecule has 6 heteroatoms. The van der Waals surface area contributed by atoms with Gasteiger partial charge in [0.1, 0.15) is 0 Å². The number of aliphatic carboxylic acids is 1. The van der Waals surface area contributed by atoms with E-state index in [4.69, 9.17) is 5.11 Å². The van der Waals surface area contributed by atoms with Crippen molar-refractivity contribution in [2.45, 2.75) is 39.0 Å². The second kappa shape index (κ2) is 6.74. The Bertz CT molecular complexity index is 458. The van der Waals surface area contributed by atoms with Crippen LogP contribution in [0.4, 0.5) is 13.2 Å². The molecule has 0 saturated heterocycles. The van der Waals surface area contributed by atoms with Gasteiger partial charge in [-0.1, -0.05) is 24.3 Å². The fourth-order valence-corrected chi connectivity index (χ4v) is 1.92. The van der Waals surface area contributed by atoms with Crippen LogP contribution in [0, 0.1) is 0 Å². The van der Waals surface area contributed by atoms with Crippen molar-refractivity contribution in [1.29, 1.82) is 0 Å². The molecule has 3 nitrogen and oxygen atoms in total. The van der Waals surface area contributed by atoms with Crippen LogP contribution >= 0.6 is 0 Å². The van der Waals surface area contributed by atoms with Crippen molar-refractivity contribution < 1.29 is 23.1 Å². The Morgan fingerprint density at radius 3 is 2.25 bits per heavy atom. The van der Waals surface area contributed by atoms with Gasteiger partial charge in [-0.3, -0.25) is 9.69 Å². The zero-order valence-electron chi connectivity index (χ0n) is 11.4. The lowest BCUT2D eigenvalue weighted by molar-refractivity contribution is -0.151. The van der Waals surface area contributed by atoms with Crippen molar-refractivity contribution in [3.8, 4) is 0 Å². The highest BCUT2D eigenvalue weighted by Gasteiger charge is 2.32. The molecule has 1 rings (SSSR count). The average molecular weight is 289 g/mol. The van der Waals surface area contributed by atoms with Gasteiger partial charge in [-0.2, -0.15) is 13.2 Å². The quantitative estimate of drug-likeness (QED) is 0.875. The number of carboxylic acids is 1. The highest BCUT2D eigenvalue weighted by atomic mass is 19.4. The third-order valence-corrected chi connectivity index (χ3v) is 2.95. The zero-order valence-corrected chi connectivity index (χ0v) is 11.4. The van der Waals surface area contributed by atoms with Gasteiger partial charge >= 0.3 is 12.1 Å². The van der Waals surface area contributed by atoms with Crippen LogP contribution in [0.15, 0.2) is 24.3 Å². The molecule has 1 N–H and O–H groups in total. The number of rotatable bonds is 6. The standard InChI is InChI=1S/C14H18F3NO2/c1-10(2)18(9-14(15,16)17)8-12-6-4-3-5-11(12)7-13(19)20/h3-6,10H,7-9H2,1-2H3,(H,19,20). The van der Waals surface area contributed by atoms with E-state index in [1.54, 1.807) is 38.1 Å². The van der Waals surface area contributed by atoms with E-state index >= 15 is 0 Å². The van der Waals surface area contributed by atoms with E-state index in [1.165, 1.54) is 4.90 Å². The SMILES string of the molecule is CC(C)N(Cc1ccccc1CC(=O)O)CC(F)(F)F. The summed E-state index contributed by atoms with van der Waals surface area (Å²) in [4.78, 5) is 12.1. The molecular weight excluding hydrogens is 271 g/mol. The zero-order chi connectivity index (χ0) is 15.3. The first-order chi connectivity index (χ1) is 9.19. The van der Waals surface area contributed by atoms with Gasteiger partial charge in [0.05, 0.1) is 13.0 Å². The van der Waals surface area contributed by atoms with Gasteiger partial charge in [0.15, 0.2) is 0 Å². The summed E-state index contributed by atoms with van der Waals surface area (Å²) in [5.74, 6) is -0.996. The molecule has 0 unspecified atom stereocenters. The van der Waals surface area contributed by atoms with Gasteiger partial charge in [-0.15, -0.1) is 0 Å². The molecule has 0 amide bonds. The summed E-state index contributed by atoms with van der Waals surface area (Å²) in [6.07, 6.45) is -4.46. The first-order valence-electron chi connectivity index (χ1n) is 6.28. The molecule has 0 atom stereocenters. The van der Waals surface area contributed by atoms with Crippen LogP contribution in [-0.4, -0.2) is 34.7 Å². The van der Waals surface area contributed by atoms with Crippen molar-refractivity contribution in [2.75, 3.05) is 6.54 Å². The topological polar surface area (TPSA) is 40.5 Å². The largest absolute Gasteiger partial charge is 0.481 e. The lowest BCUT2D eigenvalue weighted by Crippen LogP contribution is -2.38. The number of carbonyl (C=O) groups is 1. The predicted molar refractivity (Wildman–Crippen MR) is 69.4 cm³/mol. The van der Waals surface area contributed by atoms with Gasteiger partial charge in [0.2, 0.25) is 0 Å². The molecule has 0 bridgehead atoms. The van der Waals surface area contributed by atoms with E-state index in [0.29, 0.717) is 11.1 Å². The maximum absolute atomic E-state index is 12.5. The lowest BCUT2D eigenvalue weighted by Gasteiger charge is -2.28. The minimum atomic E-state index is -4.27. The Balaban J connectivity index is 2.91. The van der Waals surface area contributed by atoms with Crippen LogP contribution < -0.4 is 0 Å². The number of halogens is 3. The molecular formula is C14H18F3NO2. The molecule has 0 aliphatic heterocycles. The monoisotopic (exact) mass is 289 g/mol. The highest BCUT2D eigenvalue weighted by Crippen LogP contribution is 2.21. The molecule has 112 valence electrons. The molecule has 1 aromatic carbocycles. The van der Waals surface area contributed by atoms with Crippen LogP contribution in [0.3, 0.4) is 0 Å². The fourth-order valence-electron chi connectivity index (χ4n) is 1.92. The van der Waals surface area contributed by atoms with Crippen molar-refractivity contribution in [3.05, 3.63) is 35.4 Å². The summed E-state index contributed by atoms with van der Waals surface area (Å²) in [5.41, 5.74) is 1.17. The third kappa shape index (κ3) is 5.61. The van der Waals surface area contributed by atoms with Crippen LogP contribution in [0.25, 0.3) is 0 Å².